The molecule has 196 valence electrons. The Morgan fingerprint density at radius 3 is 2.32 bits per heavy atom. The highest BCUT2D eigenvalue weighted by Crippen LogP contribution is 2.26. The Morgan fingerprint density at radius 2 is 1.61 bits per heavy atom. The maximum absolute atomic E-state index is 12.5. The Labute approximate surface area is 219 Å². The number of nitro groups is 1. The predicted octanol–water partition coefficient (Wildman–Crippen LogP) is 5.73. The lowest BCUT2D eigenvalue weighted by Gasteiger charge is -2.17. The quantitative estimate of drug-likeness (QED) is 0.103. The van der Waals surface area contributed by atoms with Gasteiger partial charge in [0.2, 0.25) is 0 Å². The van der Waals surface area contributed by atoms with Crippen LogP contribution in [0.2, 0.25) is 0 Å². The second kappa shape index (κ2) is 11.8. The van der Waals surface area contributed by atoms with E-state index in [0.29, 0.717) is 6.42 Å². The van der Waals surface area contributed by atoms with Crippen LogP contribution in [0.4, 0.5) is 5.69 Å². The molecule has 10 heteroatoms. The van der Waals surface area contributed by atoms with Crippen LogP contribution < -0.4 is 4.74 Å². The summed E-state index contributed by atoms with van der Waals surface area (Å²) >= 11 is 0. The van der Waals surface area contributed by atoms with Gasteiger partial charge in [-0.3, -0.25) is 14.3 Å². The molecule has 0 saturated carbocycles. The third kappa shape index (κ3) is 6.53. The second-order valence-corrected chi connectivity index (χ2v) is 9.97. The fraction of sp³-hybridized carbons (Fsp3) is 0.179. The molecule has 0 aliphatic carbocycles. The first-order valence-corrected chi connectivity index (χ1v) is 13.2. The Kier molecular flexibility index (Phi) is 8.35. The lowest BCUT2D eigenvalue weighted by Crippen LogP contribution is -2.18. The van der Waals surface area contributed by atoms with E-state index in [2.05, 4.69) is 0 Å². The first kappa shape index (κ1) is 26.8. The van der Waals surface area contributed by atoms with E-state index in [1.165, 1.54) is 42.5 Å². The molecule has 4 rings (SSSR count). The number of para-hydroxylation sites is 1. The van der Waals surface area contributed by atoms with Gasteiger partial charge in [-0.05, 0) is 59.2 Å². The molecule has 0 amide bonds. The molecule has 0 aromatic heterocycles. The van der Waals surface area contributed by atoms with Crippen molar-refractivity contribution < 1.29 is 31.8 Å². The van der Waals surface area contributed by atoms with Gasteiger partial charge in [0.05, 0.1) is 22.0 Å². The molecular formula is C28H25NO8S. The zero-order valence-electron chi connectivity index (χ0n) is 20.5. The number of carbonyl (C=O) groups excluding carboxylic acids is 1. The summed E-state index contributed by atoms with van der Waals surface area (Å²) in [4.78, 5) is 22.8. The summed E-state index contributed by atoms with van der Waals surface area (Å²) in [5.74, 6) is -0.298. The van der Waals surface area contributed by atoms with Gasteiger partial charge in [-0.15, -0.1) is 0 Å². The summed E-state index contributed by atoms with van der Waals surface area (Å²) in [5, 5.41) is 13.3. The predicted molar refractivity (Wildman–Crippen MR) is 140 cm³/mol. The average Bonchev–Trinajstić information content (AvgIpc) is 2.93. The summed E-state index contributed by atoms with van der Waals surface area (Å²) in [6.07, 6.45) is 0.156. The van der Waals surface area contributed by atoms with E-state index < -0.39 is 33.7 Å². The van der Waals surface area contributed by atoms with E-state index in [9.17, 15) is 23.3 Å². The van der Waals surface area contributed by atoms with Gasteiger partial charge in [0.25, 0.3) is 15.8 Å². The molecule has 1 atom stereocenters. The molecule has 1 unspecified atom stereocenters. The van der Waals surface area contributed by atoms with Crippen LogP contribution in [0.1, 0.15) is 30.6 Å². The van der Waals surface area contributed by atoms with Crippen molar-refractivity contribution in [2.75, 3.05) is 6.61 Å². The third-order valence-electron chi connectivity index (χ3n) is 5.82. The highest BCUT2D eigenvalue weighted by Gasteiger charge is 2.20. The summed E-state index contributed by atoms with van der Waals surface area (Å²) in [7, 11) is -4.18. The number of nitro benzene ring substituents is 1. The fourth-order valence-electron chi connectivity index (χ4n) is 3.85. The molecule has 4 aromatic rings. The first-order valence-electron chi connectivity index (χ1n) is 11.8. The summed E-state index contributed by atoms with van der Waals surface area (Å²) < 4.78 is 41.1. The van der Waals surface area contributed by atoms with Crippen molar-refractivity contribution in [2.24, 2.45) is 0 Å². The van der Waals surface area contributed by atoms with Gasteiger partial charge in [0.15, 0.2) is 6.61 Å². The van der Waals surface area contributed by atoms with Crippen molar-refractivity contribution in [3.05, 3.63) is 112 Å². The summed E-state index contributed by atoms with van der Waals surface area (Å²) in [6, 6.07) is 24.9. The minimum absolute atomic E-state index is 0.133. The maximum Gasteiger partial charge on any atom is 0.344 e. The van der Waals surface area contributed by atoms with Gasteiger partial charge in [-0.2, -0.15) is 8.42 Å². The van der Waals surface area contributed by atoms with Crippen LogP contribution in [-0.2, 0) is 30.4 Å². The molecule has 0 aliphatic rings. The smallest absolute Gasteiger partial charge is 0.344 e. The van der Waals surface area contributed by atoms with E-state index in [1.54, 1.807) is 6.07 Å². The minimum atomic E-state index is -4.18. The number of ether oxygens (including phenoxy) is 2. The van der Waals surface area contributed by atoms with Crippen LogP contribution in [0.25, 0.3) is 10.8 Å². The Balaban J connectivity index is 1.33. The standard InChI is InChI=1S/C28H25NO8S/c1-2-27(22-12-11-20-7-3-4-8-21(20)17-22)37-28(30)19-35-24-13-15-25(16-14-24)38(33,34)36-18-23-9-5-6-10-26(23)29(31)32/h3-17,27H,2,18-19H2,1H3. The molecule has 4 aromatic carbocycles. The monoisotopic (exact) mass is 535 g/mol. The first-order chi connectivity index (χ1) is 18.3. The molecular weight excluding hydrogens is 510 g/mol. The molecule has 0 radical (unpaired) electrons. The number of fused-ring (bicyclic) bond motifs is 1. The van der Waals surface area contributed by atoms with Crippen molar-refractivity contribution in [3.63, 3.8) is 0 Å². The maximum atomic E-state index is 12.5. The highest BCUT2D eigenvalue weighted by molar-refractivity contribution is 7.86. The summed E-state index contributed by atoms with van der Waals surface area (Å²) in [6.45, 7) is 1.08. The van der Waals surface area contributed by atoms with Crippen molar-refractivity contribution in [2.45, 2.75) is 31.0 Å². The van der Waals surface area contributed by atoms with Crippen molar-refractivity contribution in [1.82, 2.24) is 0 Å². The van der Waals surface area contributed by atoms with Crippen LogP contribution in [0, 0.1) is 10.1 Å². The molecule has 0 fully saturated rings. The van der Waals surface area contributed by atoms with Crippen LogP contribution in [0.15, 0.2) is 95.9 Å². The number of hydrogen-bond acceptors (Lipinski definition) is 8. The van der Waals surface area contributed by atoms with E-state index in [4.69, 9.17) is 13.7 Å². The van der Waals surface area contributed by atoms with Gasteiger partial charge in [-0.1, -0.05) is 55.5 Å². The lowest BCUT2D eigenvalue weighted by atomic mass is 10.0. The van der Waals surface area contributed by atoms with Gasteiger partial charge >= 0.3 is 5.97 Å². The number of rotatable bonds is 11. The molecule has 9 nitrogen and oxygen atoms in total. The number of hydrogen-bond donors (Lipinski definition) is 0. The van der Waals surface area contributed by atoms with Gasteiger partial charge < -0.3 is 9.47 Å². The van der Waals surface area contributed by atoms with Crippen LogP contribution in [0.5, 0.6) is 5.75 Å². The van der Waals surface area contributed by atoms with Crippen LogP contribution in [-0.4, -0.2) is 25.9 Å². The number of carbonyl (C=O) groups is 1. The SMILES string of the molecule is CCC(OC(=O)COc1ccc(S(=O)(=O)OCc2ccccc2[N+](=O)[O-])cc1)c1ccc2ccccc2c1. The fourth-order valence-corrected chi connectivity index (χ4v) is 4.74. The Hall–Kier alpha value is -4.28. The van der Waals surface area contributed by atoms with E-state index in [0.717, 1.165) is 16.3 Å². The average molecular weight is 536 g/mol. The third-order valence-corrected chi connectivity index (χ3v) is 7.09. The molecule has 0 N–H and O–H groups in total. The molecule has 38 heavy (non-hydrogen) atoms. The molecule has 0 aliphatic heterocycles. The number of nitrogens with zero attached hydrogens (tertiary/aromatic N) is 1. The van der Waals surface area contributed by atoms with Crippen LogP contribution >= 0.6 is 0 Å². The molecule has 0 heterocycles. The number of esters is 1. The highest BCUT2D eigenvalue weighted by atomic mass is 32.2. The van der Waals surface area contributed by atoms with Gasteiger partial charge in [0.1, 0.15) is 11.9 Å². The molecule has 0 saturated heterocycles. The van der Waals surface area contributed by atoms with Gasteiger partial charge in [0, 0.05) is 6.07 Å². The second-order valence-electron chi connectivity index (χ2n) is 8.36. The molecule has 0 bridgehead atoms. The topological polar surface area (TPSA) is 122 Å². The van der Waals surface area contributed by atoms with E-state index in [-0.39, 0.29) is 28.5 Å². The zero-order valence-corrected chi connectivity index (χ0v) is 21.3. The largest absolute Gasteiger partial charge is 0.482 e. The van der Waals surface area contributed by atoms with E-state index >= 15 is 0 Å². The van der Waals surface area contributed by atoms with Crippen molar-refractivity contribution >= 4 is 32.5 Å². The Morgan fingerprint density at radius 1 is 0.921 bits per heavy atom. The van der Waals surface area contributed by atoms with E-state index in [1.807, 2.05) is 49.4 Å². The van der Waals surface area contributed by atoms with Crippen molar-refractivity contribution in [1.29, 1.82) is 0 Å². The molecule has 0 spiro atoms. The zero-order chi connectivity index (χ0) is 27.1. The van der Waals surface area contributed by atoms with Gasteiger partial charge in [-0.25, -0.2) is 4.79 Å². The normalized spacial score (nSPS) is 12.1. The van der Waals surface area contributed by atoms with Crippen molar-refractivity contribution in [3.8, 4) is 5.75 Å². The lowest BCUT2D eigenvalue weighted by molar-refractivity contribution is -0.385. The van der Waals surface area contributed by atoms with Crippen LogP contribution in [0.3, 0.4) is 0 Å². The number of benzene rings is 4. The Bertz CT molecular complexity index is 1550. The minimum Gasteiger partial charge on any atom is -0.482 e. The summed E-state index contributed by atoms with van der Waals surface area (Å²) in [5.41, 5.74) is 0.785.